The van der Waals surface area contributed by atoms with Crippen LogP contribution in [0.4, 0.5) is 13.2 Å². The Morgan fingerprint density at radius 2 is 1.95 bits per heavy atom. The summed E-state index contributed by atoms with van der Waals surface area (Å²) in [5.74, 6) is -0.709. The lowest BCUT2D eigenvalue weighted by molar-refractivity contribution is -0.138. The van der Waals surface area contributed by atoms with E-state index in [2.05, 4.69) is 21.2 Å². The van der Waals surface area contributed by atoms with Crippen molar-refractivity contribution in [2.75, 3.05) is 13.2 Å². The minimum atomic E-state index is -4.58. The lowest BCUT2D eigenvalue weighted by atomic mass is 9.91. The van der Waals surface area contributed by atoms with Gasteiger partial charge in [-0.25, -0.2) is 0 Å². The van der Waals surface area contributed by atoms with Crippen molar-refractivity contribution >= 4 is 21.8 Å². The van der Waals surface area contributed by atoms with Crippen LogP contribution in [0.25, 0.3) is 0 Å². The molecule has 1 fully saturated rings. The van der Waals surface area contributed by atoms with E-state index < -0.39 is 23.2 Å². The van der Waals surface area contributed by atoms with Crippen molar-refractivity contribution in [2.45, 2.75) is 31.5 Å². The molecular weight excluding hydrogens is 351 g/mol. The van der Waals surface area contributed by atoms with Gasteiger partial charge in [0.05, 0.1) is 11.1 Å². The summed E-state index contributed by atoms with van der Waals surface area (Å²) < 4.78 is 44.6. The number of ether oxygens (including phenoxy) is 1. The van der Waals surface area contributed by atoms with E-state index in [-0.39, 0.29) is 10.0 Å². The average molecular weight is 366 g/mol. The molecule has 0 unspecified atom stereocenters. The molecule has 0 atom stereocenters. The molecule has 1 amide bonds. The van der Waals surface area contributed by atoms with Crippen LogP contribution in [-0.4, -0.2) is 24.7 Å². The van der Waals surface area contributed by atoms with Crippen LogP contribution in [0.15, 0.2) is 22.7 Å². The van der Waals surface area contributed by atoms with Crippen molar-refractivity contribution in [1.29, 1.82) is 0 Å². The molecule has 0 aliphatic carbocycles. The Balaban J connectivity index is 2.27. The molecule has 0 radical (unpaired) electrons. The third-order valence-electron chi connectivity index (χ3n) is 3.54. The van der Waals surface area contributed by atoms with Gasteiger partial charge in [0.25, 0.3) is 5.91 Å². The number of hydrogen-bond donors (Lipinski definition) is 1. The number of carbonyl (C=O) groups is 1. The van der Waals surface area contributed by atoms with Crippen LogP contribution in [0.5, 0.6) is 0 Å². The fourth-order valence-electron chi connectivity index (χ4n) is 2.24. The molecule has 0 aromatic heterocycles. The van der Waals surface area contributed by atoms with Crippen molar-refractivity contribution in [1.82, 2.24) is 5.32 Å². The number of alkyl halides is 3. The summed E-state index contributed by atoms with van der Waals surface area (Å²) in [6.07, 6.45) is -3.42. The summed E-state index contributed by atoms with van der Waals surface area (Å²) >= 11 is 3.00. The molecule has 1 aromatic carbocycles. The van der Waals surface area contributed by atoms with Gasteiger partial charge in [0.2, 0.25) is 0 Å². The smallest absolute Gasteiger partial charge is 0.381 e. The Bertz CT molecular complexity index is 540. The van der Waals surface area contributed by atoms with E-state index in [1.165, 1.54) is 12.1 Å². The van der Waals surface area contributed by atoms with Crippen LogP contribution in [0.3, 0.4) is 0 Å². The van der Waals surface area contributed by atoms with Crippen LogP contribution in [-0.2, 0) is 10.9 Å². The predicted octanol–water partition coefficient (Wildman–Crippen LogP) is 3.77. The van der Waals surface area contributed by atoms with E-state index in [4.69, 9.17) is 4.74 Å². The molecular formula is C14H15BrF3NO2. The number of carbonyl (C=O) groups excluding carboxylic acids is 1. The summed E-state index contributed by atoms with van der Waals surface area (Å²) in [5.41, 5.74) is -1.84. The van der Waals surface area contributed by atoms with Gasteiger partial charge in [-0.2, -0.15) is 13.2 Å². The summed E-state index contributed by atoms with van der Waals surface area (Å²) in [6, 6.07) is 3.53. The lowest BCUT2D eigenvalue weighted by Gasteiger charge is -2.34. The lowest BCUT2D eigenvalue weighted by Crippen LogP contribution is -2.49. The van der Waals surface area contributed by atoms with Crippen LogP contribution in [0.2, 0.25) is 0 Å². The third kappa shape index (κ3) is 3.97. The molecule has 1 aromatic rings. The van der Waals surface area contributed by atoms with E-state index in [9.17, 15) is 18.0 Å². The minimum absolute atomic E-state index is 0.281. The maximum Gasteiger partial charge on any atom is 0.417 e. The third-order valence-corrected chi connectivity index (χ3v) is 4.04. The van der Waals surface area contributed by atoms with E-state index in [1.54, 1.807) is 0 Å². The number of halogens is 4. The monoisotopic (exact) mass is 365 g/mol. The highest BCUT2D eigenvalue weighted by Gasteiger charge is 2.37. The van der Waals surface area contributed by atoms with Gasteiger partial charge < -0.3 is 10.1 Å². The Labute approximate surface area is 129 Å². The van der Waals surface area contributed by atoms with E-state index in [0.29, 0.717) is 26.1 Å². The Morgan fingerprint density at radius 3 is 2.52 bits per heavy atom. The van der Waals surface area contributed by atoms with Gasteiger partial charge in [-0.15, -0.1) is 0 Å². The summed E-state index contributed by atoms with van der Waals surface area (Å²) in [6.45, 7) is 2.80. The van der Waals surface area contributed by atoms with Crippen molar-refractivity contribution in [3.05, 3.63) is 33.8 Å². The van der Waals surface area contributed by atoms with Gasteiger partial charge in [0, 0.05) is 23.2 Å². The molecule has 7 heteroatoms. The maximum atomic E-state index is 13.0. The van der Waals surface area contributed by atoms with Crippen LogP contribution >= 0.6 is 15.9 Å². The molecule has 1 aliphatic heterocycles. The summed E-state index contributed by atoms with van der Waals surface area (Å²) in [4.78, 5) is 12.2. The molecule has 0 bridgehead atoms. The number of benzene rings is 1. The molecule has 1 heterocycles. The highest BCUT2D eigenvalue weighted by atomic mass is 79.9. The highest BCUT2D eigenvalue weighted by Crippen LogP contribution is 2.34. The van der Waals surface area contributed by atoms with Crippen molar-refractivity contribution in [3.8, 4) is 0 Å². The second-order valence-electron chi connectivity index (χ2n) is 5.31. The van der Waals surface area contributed by atoms with E-state index in [1.807, 2.05) is 6.92 Å². The molecule has 116 valence electrons. The van der Waals surface area contributed by atoms with Gasteiger partial charge in [0.15, 0.2) is 0 Å². The molecule has 3 nitrogen and oxygen atoms in total. The zero-order valence-electron chi connectivity index (χ0n) is 11.4. The van der Waals surface area contributed by atoms with Gasteiger partial charge in [-0.05, 0) is 38.0 Å². The molecule has 1 aliphatic rings. The number of amides is 1. The largest absolute Gasteiger partial charge is 0.417 e. The van der Waals surface area contributed by atoms with E-state index in [0.717, 1.165) is 6.07 Å². The quantitative estimate of drug-likeness (QED) is 0.866. The number of rotatable bonds is 2. The normalized spacial score (nSPS) is 18.3. The number of hydrogen-bond acceptors (Lipinski definition) is 2. The second kappa shape index (κ2) is 5.96. The first-order valence-electron chi connectivity index (χ1n) is 6.48. The molecule has 0 saturated carbocycles. The van der Waals surface area contributed by atoms with E-state index >= 15 is 0 Å². The summed E-state index contributed by atoms with van der Waals surface area (Å²) in [5, 5.41) is 2.71. The molecule has 1 N–H and O–H groups in total. The summed E-state index contributed by atoms with van der Waals surface area (Å²) in [7, 11) is 0. The first kappa shape index (κ1) is 16.3. The molecule has 21 heavy (non-hydrogen) atoms. The van der Waals surface area contributed by atoms with Crippen LogP contribution in [0, 0.1) is 0 Å². The van der Waals surface area contributed by atoms with Gasteiger partial charge in [-0.3, -0.25) is 4.79 Å². The molecule has 1 saturated heterocycles. The Kier molecular flexibility index (Phi) is 4.63. The molecule has 0 spiro atoms. The fourth-order valence-corrected chi connectivity index (χ4v) is 2.60. The first-order chi connectivity index (χ1) is 9.71. The van der Waals surface area contributed by atoms with Crippen LogP contribution < -0.4 is 5.32 Å². The zero-order valence-corrected chi connectivity index (χ0v) is 13.0. The first-order valence-corrected chi connectivity index (χ1v) is 7.28. The highest BCUT2D eigenvalue weighted by molar-refractivity contribution is 9.10. The van der Waals surface area contributed by atoms with Crippen molar-refractivity contribution in [3.63, 3.8) is 0 Å². The minimum Gasteiger partial charge on any atom is -0.381 e. The van der Waals surface area contributed by atoms with Crippen molar-refractivity contribution in [2.24, 2.45) is 0 Å². The SMILES string of the molecule is CC1(NC(=O)c2ccc(Br)cc2C(F)(F)F)CCOCC1. The number of nitrogens with one attached hydrogen (secondary N) is 1. The fraction of sp³-hybridized carbons (Fsp3) is 0.500. The zero-order chi connectivity index (χ0) is 15.7. The predicted molar refractivity (Wildman–Crippen MR) is 75.1 cm³/mol. The van der Waals surface area contributed by atoms with Gasteiger partial charge >= 0.3 is 6.18 Å². The van der Waals surface area contributed by atoms with Crippen LogP contribution in [0.1, 0.15) is 35.7 Å². The topological polar surface area (TPSA) is 38.3 Å². The Hall–Kier alpha value is -1.08. The second-order valence-corrected chi connectivity index (χ2v) is 6.23. The standard InChI is InChI=1S/C14H15BrF3NO2/c1-13(4-6-21-7-5-13)19-12(20)10-3-2-9(15)8-11(10)14(16,17)18/h2-3,8H,4-7H2,1H3,(H,19,20). The van der Waals surface area contributed by atoms with Crippen molar-refractivity contribution < 1.29 is 22.7 Å². The van der Waals surface area contributed by atoms with Gasteiger partial charge in [-0.1, -0.05) is 15.9 Å². The Morgan fingerprint density at radius 1 is 1.33 bits per heavy atom. The van der Waals surface area contributed by atoms with Gasteiger partial charge in [0.1, 0.15) is 0 Å². The molecule has 2 rings (SSSR count). The average Bonchev–Trinajstić information content (AvgIpc) is 2.37. The maximum absolute atomic E-state index is 13.0.